The zero-order chi connectivity index (χ0) is 13.5. The zero-order valence-electron chi connectivity index (χ0n) is 10.5. The second kappa shape index (κ2) is 7.10. The van der Waals surface area contributed by atoms with E-state index in [1.165, 1.54) is 11.3 Å². The second-order valence-electron chi connectivity index (χ2n) is 3.90. The summed E-state index contributed by atoms with van der Waals surface area (Å²) in [4.78, 5) is 26.1. The van der Waals surface area contributed by atoms with Crippen molar-refractivity contribution in [3.05, 3.63) is 21.9 Å². The van der Waals surface area contributed by atoms with Crippen molar-refractivity contribution in [1.82, 2.24) is 15.6 Å². The van der Waals surface area contributed by atoms with Gasteiger partial charge in [-0.2, -0.15) is 0 Å². The van der Waals surface area contributed by atoms with Gasteiger partial charge in [0.1, 0.15) is 0 Å². The van der Waals surface area contributed by atoms with Gasteiger partial charge in [0, 0.05) is 31.4 Å². The fraction of sp³-hybridized carbons (Fsp3) is 0.455. The van der Waals surface area contributed by atoms with Crippen LogP contribution in [0.2, 0.25) is 0 Å². The van der Waals surface area contributed by atoms with Crippen LogP contribution in [0, 0.1) is 0 Å². The van der Waals surface area contributed by atoms with E-state index >= 15 is 0 Å². The molecule has 1 aromatic rings. The predicted octanol–water partition coefficient (Wildman–Crippen LogP) is -0.0805. The van der Waals surface area contributed by atoms with Crippen LogP contribution in [-0.2, 0) is 11.3 Å². The molecular weight excluding hydrogens is 252 g/mol. The minimum absolute atomic E-state index is 0.0243. The summed E-state index contributed by atoms with van der Waals surface area (Å²) in [5, 5.41) is 2.58. The minimum Gasteiger partial charge on any atom is -0.359 e. The molecule has 18 heavy (non-hydrogen) atoms. The minimum atomic E-state index is -0.278. The summed E-state index contributed by atoms with van der Waals surface area (Å²) in [5.74, 6) is 4.81. The molecule has 0 aliphatic heterocycles. The van der Waals surface area contributed by atoms with Crippen molar-refractivity contribution in [3.63, 3.8) is 0 Å². The first-order valence-electron chi connectivity index (χ1n) is 5.55. The van der Waals surface area contributed by atoms with Crippen molar-refractivity contribution in [2.45, 2.75) is 13.0 Å². The number of amides is 2. The molecule has 4 N–H and O–H groups in total. The molecule has 100 valence electrons. The van der Waals surface area contributed by atoms with E-state index in [1.807, 2.05) is 18.0 Å². The van der Waals surface area contributed by atoms with Crippen molar-refractivity contribution < 1.29 is 9.59 Å². The Morgan fingerprint density at radius 3 is 2.78 bits per heavy atom. The normalized spacial score (nSPS) is 10.4. The van der Waals surface area contributed by atoms with E-state index in [9.17, 15) is 9.59 Å². The van der Waals surface area contributed by atoms with Crippen molar-refractivity contribution >= 4 is 23.2 Å². The Morgan fingerprint density at radius 2 is 2.17 bits per heavy atom. The highest BCUT2D eigenvalue weighted by Gasteiger charge is 2.09. The van der Waals surface area contributed by atoms with E-state index in [4.69, 9.17) is 5.84 Å². The molecule has 0 atom stereocenters. The van der Waals surface area contributed by atoms with Crippen molar-refractivity contribution in [2.24, 2.45) is 5.84 Å². The molecule has 1 aromatic heterocycles. The third-order valence-corrected chi connectivity index (χ3v) is 3.51. The Hall–Kier alpha value is -1.44. The number of thiophene rings is 1. The molecule has 0 saturated carbocycles. The number of hydrazine groups is 1. The molecule has 0 spiro atoms. The first-order valence-corrected chi connectivity index (χ1v) is 6.37. The number of carbonyl (C=O) groups excluding carboxylic acids is 2. The third kappa shape index (κ3) is 4.44. The predicted molar refractivity (Wildman–Crippen MR) is 71.0 cm³/mol. The summed E-state index contributed by atoms with van der Waals surface area (Å²) in [5.41, 5.74) is 2.10. The Bertz CT molecular complexity index is 419. The van der Waals surface area contributed by atoms with Crippen molar-refractivity contribution in [3.8, 4) is 0 Å². The molecule has 0 saturated heterocycles. The van der Waals surface area contributed by atoms with E-state index in [1.54, 1.807) is 13.1 Å². The van der Waals surface area contributed by atoms with Gasteiger partial charge < -0.3 is 10.2 Å². The Labute approximate surface area is 110 Å². The fourth-order valence-corrected chi connectivity index (χ4v) is 2.41. The number of nitrogens with zero attached hydrogens (tertiary/aromatic N) is 1. The lowest BCUT2D eigenvalue weighted by Gasteiger charge is -2.14. The Balaban J connectivity index is 2.44. The number of nitrogen functional groups attached to an aromatic ring is 1. The largest absolute Gasteiger partial charge is 0.359 e. The Kier molecular flexibility index (Phi) is 5.76. The third-order valence-electron chi connectivity index (χ3n) is 2.44. The van der Waals surface area contributed by atoms with Crippen LogP contribution in [0.5, 0.6) is 0 Å². The van der Waals surface area contributed by atoms with Gasteiger partial charge in [-0.25, -0.2) is 5.84 Å². The van der Waals surface area contributed by atoms with Gasteiger partial charge in [-0.3, -0.25) is 15.0 Å². The second-order valence-corrected chi connectivity index (χ2v) is 5.07. The van der Waals surface area contributed by atoms with Crippen LogP contribution in [0.1, 0.15) is 21.0 Å². The number of hydrogen-bond donors (Lipinski definition) is 3. The summed E-state index contributed by atoms with van der Waals surface area (Å²) in [6.07, 6.45) is 0.467. The first kappa shape index (κ1) is 14.6. The highest BCUT2D eigenvalue weighted by Crippen LogP contribution is 2.17. The molecule has 0 aliphatic rings. The van der Waals surface area contributed by atoms with E-state index in [0.717, 1.165) is 4.88 Å². The van der Waals surface area contributed by atoms with Gasteiger partial charge in [-0.1, -0.05) is 0 Å². The van der Waals surface area contributed by atoms with E-state index in [2.05, 4.69) is 10.7 Å². The molecule has 0 aromatic carbocycles. The molecule has 1 heterocycles. The lowest BCUT2D eigenvalue weighted by Crippen LogP contribution is -2.29. The maximum absolute atomic E-state index is 11.3. The number of carbonyl (C=O) groups is 2. The van der Waals surface area contributed by atoms with Crippen LogP contribution < -0.4 is 16.6 Å². The van der Waals surface area contributed by atoms with Gasteiger partial charge in [0.2, 0.25) is 5.91 Å². The molecule has 2 amide bonds. The van der Waals surface area contributed by atoms with Crippen LogP contribution in [0.25, 0.3) is 0 Å². The molecule has 0 fully saturated rings. The maximum atomic E-state index is 11.3. The zero-order valence-corrected chi connectivity index (χ0v) is 11.3. The van der Waals surface area contributed by atoms with Crippen molar-refractivity contribution in [1.29, 1.82) is 0 Å². The van der Waals surface area contributed by atoms with Crippen LogP contribution in [-0.4, -0.2) is 37.4 Å². The summed E-state index contributed by atoms with van der Waals surface area (Å²) in [6.45, 7) is 1.38. The summed E-state index contributed by atoms with van der Waals surface area (Å²) in [6, 6.07) is 3.64. The number of rotatable bonds is 6. The van der Waals surface area contributed by atoms with Crippen LogP contribution in [0.4, 0.5) is 0 Å². The highest BCUT2D eigenvalue weighted by molar-refractivity contribution is 7.14. The summed E-state index contributed by atoms with van der Waals surface area (Å²) >= 11 is 1.40. The maximum Gasteiger partial charge on any atom is 0.275 e. The lowest BCUT2D eigenvalue weighted by atomic mass is 10.3. The van der Waals surface area contributed by atoms with Gasteiger partial charge >= 0.3 is 0 Å². The lowest BCUT2D eigenvalue weighted by molar-refractivity contribution is -0.120. The fourth-order valence-electron chi connectivity index (χ4n) is 1.42. The first-order chi connectivity index (χ1) is 8.56. The molecule has 0 aliphatic carbocycles. The summed E-state index contributed by atoms with van der Waals surface area (Å²) in [7, 11) is 3.56. The van der Waals surface area contributed by atoms with Crippen LogP contribution in [0.3, 0.4) is 0 Å². The van der Waals surface area contributed by atoms with Crippen LogP contribution >= 0.6 is 11.3 Å². The molecule has 0 bridgehead atoms. The standard InChI is InChI=1S/C11H18N4O2S/c1-13-10(16)5-6-15(2)7-8-3-4-9(18-8)11(17)14-12/h3-4H,5-7,12H2,1-2H3,(H,13,16)(H,14,17). The van der Waals surface area contributed by atoms with Gasteiger partial charge in [0.25, 0.3) is 5.91 Å². The van der Waals surface area contributed by atoms with E-state index in [-0.39, 0.29) is 11.8 Å². The van der Waals surface area contributed by atoms with Crippen LogP contribution in [0.15, 0.2) is 12.1 Å². The van der Waals surface area contributed by atoms with Gasteiger partial charge in [0.05, 0.1) is 4.88 Å². The van der Waals surface area contributed by atoms with E-state index < -0.39 is 0 Å². The topological polar surface area (TPSA) is 87.5 Å². The number of hydrogen-bond acceptors (Lipinski definition) is 5. The average Bonchev–Trinajstić information content (AvgIpc) is 2.83. The Morgan fingerprint density at radius 1 is 1.44 bits per heavy atom. The smallest absolute Gasteiger partial charge is 0.275 e. The quantitative estimate of drug-likeness (QED) is 0.383. The molecule has 0 unspecified atom stereocenters. The van der Waals surface area contributed by atoms with Gasteiger partial charge in [-0.15, -0.1) is 11.3 Å². The van der Waals surface area contributed by atoms with E-state index in [0.29, 0.717) is 24.4 Å². The summed E-state index contributed by atoms with van der Waals surface area (Å²) < 4.78 is 0. The average molecular weight is 270 g/mol. The van der Waals surface area contributed by atoms with Gasteiger partial charge in [-0.05, 0) is 19.2 Å². The van der Waals surface area contributed by atoms with Gasteiger partial charge in [0.15, 0.2) is 0 Å². The van der Waals surface area contributed by atoms with Crippen molar-refractivity contribution in [2.75, 3.05) is 20.6 Å². The molecule has 7 heteroatoms. The number of nitrogens with one attached hydrogen (secondary N) is 2. The SMILES string of the molecule is CNC(=O)CCN(C)Cc1ccc(C(=O)NN)s1. The molecular formula is C11H18N4O2S. The molecule has 1 rings (SSSR count). The molecule has 6 nitrogen and oxygen atoms in total. The number of nitrogens with two attached hydrogens (primary N) is 1. The molecule has 0 radical (unpaired) electrons. The monoisotopic (exact) mass is 270 g/mol. The highest BCUT2D eigenvalue weighted by atomic mass is 32.1.